The summed E-state index contributed by atoms with van der Waals surface area (Å²) in [4.78, 5) is 0. The van der Waals surface area contributed by atoms with E-state index in [4.69, 9.17) is 23.8 Å². The topological polar surface area (TPSA) is 66.2 Å². The van der Waals surface area contributed by atoms with Crippen LogP contribution in [0.3, 0.4) is 0 Å². The third-order valence-electron chi connectivity index (χ3n) is 3.01. The summed E-state index contributed by atoms with van der Waals surface area (Å²) >= 11 is 11.4. The minimum atomic E-state index is 0.139. The van der Waals surface area contributed by atoms with Gasteiger partial charge in [0, 0.05) is 11.1 Å². The lowest BCUT2D eigenvalue weighted by Crippen LogP contribution is -1.95. The highest BCUT2D eigenvalue weighted by atomic mass is 35.5. The van der Waals surface area contributed by atoms with Gasteiger partial charge < -0.3 is 5.11 Å². The molecular weight excluding hydrogens is 320 g/mol. The highest BCUT2D eigenvalue weighted by Gasteiger charge is 2.11. The number of nitrogens with zero attached hydrogens (tertiary/aromatic N) is 3. The van der Waals surface area contributed by atoms with Crippen LogP contribution in [-0.2, 0) is 0 Å². The van der Waals surface area contributed by atoms with Crippen molar-refractivity contribution in [1.29, 1.82) is 0 Å². The number of H-pyrrole nitrogens is 1. The van der Waals surface area contributed by atoms with Crippen LogP contribution in [0.25, 0.3) is 11.4 Å². The Bertz CT molecular complexity index is 900. The zero-order valence-electron chi connectivity index (χ0n) is 11.3. The number of phenols is 1. The van der Waals surface area contributed by atoms with Crippen molar-refractivity contribution in [3.63, 3.8) is 0 Å². The number of rotatable bonds is 3. The number of aromatic hydroxyl groups is 1. The maximum atomic E-state index is 9.77. The van der Waals surface area contributed by atoms with E-state index in [9.17, 15) is 5.11 Å². The van der Waals surface area contributed by atoms with Crippen LogP contribution in [0.2, 0.25) is 5.02 Å². The van der Waals surface area contributed by atoms with Crippen LogP contribution in [0.1, 0.15) is 5.56 Å². The number of aromatic nitrogens is 3. The number of hydrogen-bond donors (Lipinski definition) is 2. The van der Waals surface area contributed by atoms with Crippen LogP contribution in [0.15, 0.2) is 53.6 Å². The molecule has 0 spiro atoms. The van der Waals surface area contributed by atoms with Crippen LogP contribution in [0.4, 0.5) is 0 Å². The Morgan fingerprint density at radius 3 is 2.68 bits per heavy atom. The number of aromatic amines is 1. The average molecular weight is 331 g/mol. The van der Waals surface area contributed by atoms with Gasteiger partial charge in [0.25, 0.3) is 0 Å². The third kappa shape index (κ3) is 2.79. The molecular formula is C15H11ClN4OS. The quantitative estimate of drug-likeness (QED) is 0.566. The molecule has 5 nitrogen and oxygen atoms in total. The standard InChI is InChI=1S/C15H11ClN4OS/c16-12-7-3-2-6-11(12)14-18-19-15(22)20(14)17-9-10-5-1-4-8-13(10)21/h1-9,21H,(H,19,22)/b17-9-. The number of nitrogens with one attached hydrogen (secondary N) is 1. The molecule has 0 aliphatic rings. The Labute approximate surface area is 136 Å². The molecule has 0 saturated carbocycles. The van der Waals surface area contributed by atoms with Gasteiger partial charge in [0.1, 0.15) is 5.75 Å². The van der Waals surface area contributed by atoms with E-state index in [-0.39, 0.29) is 5.75 Å². The van der Waals surface area contributed by atoms with E-state index in [0.717, 1.165) is 0 Å². The molecule has 2 N–H and O–H groups in total. The largest absolute Gasteiger partial charge is 0.507 e. The van der Waals surface area contributed by atoms with E-state index in [2.05, 4.69) is 15.3 Å². The Hall–Kier alpha value is -2.44. The van der Waals surface area contributed by atoms with Crippen molar-refractivity contribution in [3.8, 4) is 17.1 Å². The summed E-state index contributed by atoms with van der Waals surface area (Å²) in [5.74, 6) is 0.642. The molecule has 0 atom stereocenters. The van der Waals surface area contributed by atoms with Crippen molar-refractivity contribution < 1.29 is 5.11 Å². The molecule has 2 aromatic carbocycles. The van der Waals surface area contributed by atoms with Crippen molar-refractivity contribution in [2.75, 3.05) is 0 Å². The second-order valence-corrected chi connectivity index (χ2v) is 5.24. The predicted molar refractivity (Wildman–Crippen MR) is 89.0 cm³/mol. The van der Waals surface area contributed by atoms with Gasteiger partial charge in [0.05, 0.1) is 11.2 Å². The predicted octanol–water partition coefficient (Wildman–Crippen LogP) is 3.85. The van der Waals surface area contributed by atoms with E-state index in [1.807, 2.05) is 24.3 Å². The molecule has 0 aliphatic heterocycles. The highest BCUT2D eigenvalue weighted by Crippen LogP contribution is 2.26. The van der Waals surface area contributed by atoms with Crippen molar-refractivity contribution in [3.05, 3.63) is 63.9 Å². The number of hydrogen-bond acceptors (Lipinski definition) is 4. The lowest BCUT2D eigenvalue weighted by atomic mass is 10.2. The van der Waals surface area contributed by atoms with E-state index >= 15 is 0 Å². The van der Waals surface area contributed by atoms with Crippen molar-refractivity contribution in [2.24, 2.45) is 5.10 Å². The minimum Gasteiger partial charge on any atom is -0.507 e. The third-order valence-corrected chi connectivity index (χ3v) is 3.61. The average Bonchev–Trinajstić information content (AvgIpc) is 2.88. The van der Waals surface area contributed by atoms with Gasteiger partial charge in [-0.2, -0.15) is 14.9 Å². The van der Waals surface area contributed by atoms with Crippen molar-refractivity contribution in [1.82, 2.24) is 14.9 Å². The maximum Gasteiger partial charge on any atom is 0.216 e. The zero-order chi connectivity index (χ0) is 15.5. The summed E-state index contributed by atoms with van der Waals surface area (Å²) in [6.45, 7) is 0. The number of phenolic OH excluding ortho intramolecular Hbond substituents is 1. The Kier molecular flexibility index (Phi) is 4.04. The van der Waals surface area contributed by atoms with Crippen LogP contribution in [0.5, 0.6) is 5.75 Å². The molecule has 0 saturated heterocycles. The van der Waals surface area contributed by atoms with Gasteiger partial charge in [0.15, 0.2) is 5.82 Å². The molecule has 0 radical (unpaired) electrons. The molecule has 0 bridgehead atoms. The summed E-state index contributed by atoms with van der Waals surface area (Å²) in [5.41, 5.74) is 1.29. The molecule has 3 aromatic rings. The van der Waals surface area contributed by atoms with E-state index in [1.165, 1.54) is 10.9 Å². The van der Waals surface area contributed by atoms with Crippen molar-refractivity contribution in [2.45, 2.75) is 0 Å². The molecule has 7 heteroatoms. The molecule has 0 aliphatic carbocycles. The van der Waals surface area contributed by atoms with Crippen LogP contribution < -0.4 is 0 Å². The normalized spacial score (nSPS) is 11.1. The van der Waals surface area contributed by atoms with Crippen LogP contribution >= 0.6 is 23.8 Å². The van der Waals surface area contributed by atoms with Gasteiger partial charge in [0.2, 0.25) is 4.77 Å². The fraction of sp³-hybridized carbons (Fsp3) is 0. The summed E-state index contributed by atoms with van der Waals surface area (Å²) in [6, 6.07) is 14.2. The number of para-hydroxylation sites is 1. The molecule has 0 fully saturated rings. The molecule has 0 amide bonds. The first-order chi connectivity index (χ1) is 10.7. The molecule has 3 rings (SSSR count). The van der Waals surface area contributed by atoms with Gasteiger partial charge >= 0.3 is 0 Å². The van der Waals surface area contributed by atoms with Crippen molar-refractivity contribution >= 4 is 30.0 Å². The first kappa shape index (κ1) is 14.5. The summed E-state index contributed by atoms with van der Waals surface area (Å²) < 4.78 is 1.80. The van der Waals surface area contributed by atoms with Gasteiger partial charge in [-0.15, -0.1) is 0 Å². The molecule has 110 valence electrons. The van der Waals surface area contributed by atoms with Gasteiger partial charge in [-0.3, -0.25) is 0 Å². The molecule has 0 unspecified atom stereocenters. The first-order valence-electron chi connectivity index (χ1n) is 6.41. The monoisotopic (exact) mass is 330 g/mol. The van der Waals surface area contributed by atoms with Crippen LogP contribution in [0, 0.1) is 4.77 Å². The molecule has 22 heavy (non-hydrogen) atoms. The van der Waals surface area contributed by atoms with E-state index < -0.39 is 0 Å². The molecule has 1 aromatic heterocycles. The summed E-state index contributed by atoms with van der Waals surface area (Å²) in [5, 5.41) is 21.5. The Balaban J connectivity index is 2.06. The molecule has 1 heterocycles. The first-order valence-corrected chi connectivity index (χ1v) is 7.20. The van der Waals surface area contributed by atoms with E-state index in [1.54, 1.807) is 24.3 Å². The fourth-order valence-corrected chi connectivity index (χ4v) is 2.33. The smallest absolute Gasteiger partial charge is 0.216 e. The lowest BCUT2D eigenvalue weighted by molar-refractivity contribution is 0.474. The van der Waals surface area contributed by atoms with Gasteiger partial charge in [-0.05, 0) is 36.5 Å². The minimum absolute atomic E-state index is 0.139. The van der Waals surface area contributed by atoms with Gasteiger partial charge in [-0.25, -0.2) is 5.10 Å². The zero-order valence-corrected chi connectivity index (χ0v) is 12.8. The van der Waals surface area contributed by atoms with Gasteiger partial charge in [-0.1, -0.05) is 35.9 Å². The summed E-state index contributed by atoms with van der Waals surface area (Å²) in [7, 11) is 0. The highest BCUT2D eigenvalue weighted by molar-refractivity contribution is 7.71. The number of halogens is 1. The fourth-order valence-electron chi connectivity index (χ4n) is 1.93. The van der Waals surface area contributed by atoms with Crippen LogP contribution in [-0.4, -0.2) is 26.2 Å². The summed E-state index contributed by atoms with van der Waals surface area (Å²) in [6.07, 6.45) is 1.51. The lowest BCUT2D eigenvalue weighted by Gasteiger charge is -2.03. The Morgan fingerprint density at radius 1 is 1.18 bits per heavy atom. The SMILES string of the molecule is Oc1ccccc1/C=N\n1c(-c2ccccc2Cl)n[nH]c1=S. The number of benzene rings is 2. The second kappa shape index (κ2) is 6.13. The van der Waals surface area contributed by atoms with E-state index in [0.29, 0.717) is 26.7 Å². The Morgan fingerprint density at radius 2 is 1.91 bits per heavy atom. The maximum absolute atomic E-state index is 9.77. The second-order valence-electron chi connectivity index (χ2n) is 4.45.